The van der Waals surface area contributed by atoms with Crippen molar-refractivity contribution in [2.24, 2.45) is 0 Å². The second-order valence-corrected chi connectivity index (χ2v) is 6.42. The molecule has 0 saturated carbocycles. The van der Waals surface area contributed by atoms with Gasteiger partial charge in [0.2, 0.25) is 0 Å². The van der Waals surface area contributed by atoms with Gasteiger partial charge in [0.25, 0.3) is 5.91 Å². The number of carbonyl (C=O) groups is 1. The number of benzene rings is 1. The number of methoxy groups -OCH3 is 1. The first-order valence-electron chi connectivity index (χ1n) is 7.52. The van der Waals surface area contributed by atoms with Crippen LogP contribution in [0.15, 0.2) is 12.1 Å². The van der Waals surface area contributed by atoms with E-state index in [1.54, 1.807) is 19.2 Å². The summed E-state index contributed by atoms with van der Waals surface area (Å²) in [7, 11) is 5.77. The molecule has 6 nitrogen and oxygen atoms in total. The van der Waals surface area contributed by atoms with Gasteiger partial charge in [-0.1, -0.05) is 0 Å². The number of nitrogens with zero attached hydrogens (tertiary/aromatic N) is 2. The lowest BCUT2D eigenvalue weighted by Crippen LogP contribution is -2.58. The average Bonchev–Trinajstić information content (AvgIpc) is 2.45. The lowest BCUT2D eigenvalue weighted by molar-refractivity contribution is -0.905. The van der Waals surface area contributed by atoms with Crippen molar-refractivity contribution in [1.29, 1.82) is 0 Å². The molecule has 0 radical (unpaired) electrons. The maximum atomic E-state index is 12.3. The molecule has 2 rings (SSSR count). The molecule has 0 aliphatic carbocycles. The number of aryl methyl sites for hydroxylation is 1. The van der Waals surface area contributed by atoms with Crippen LogP contribution in [0.25, 0.3) is 0 Å². The largest absolute Gasteiger partial charge is 0.506 e. The van der Waals surface area contributed by atoms with Gasteiger partial charge in [-0.3, -0.25) is 9.69 Å². The number of carbonyl (C=O) groups excluding carboxylic acids is 1. The Morgan fingerprint density at radius 1 is 1.41 bits per heavy atom. The van der Waals surface area contributed by atoms with Crippen molar-refractivity contribution in [3.05, 3.63) is 17.7 Å². The Morgan fingerprint density at radius 2 is 2.05 bits per heavy atom. The number of hydrogen-bond acceptors (Lipinski definition) is 4. The maximum absolute atomic E-state index is 12.3. The van der Waals surface area contributed by atoms with Crippen LogP contribution < -0.4 is 10.1 Å². The number of ether oxygens (including phenoxy) is 1. The number of phenols is 1. The van der Waals surface area contributed by atoms with Crippen molar-refractivity contribution in [1.82, 2.24) is 4.90 Å². The summed E-state index contributed by atoms with van der Waals surface area (Å²) in [5, 5.41) is 12.8. The van der Waals surface area contributed by atoms with E-state index < -0.39 is 0 Å². The molecule has 1 aliphatic heterocycles. The molecule has 0 aromatic heterocycles. The van der Waals surface area contributed by atoms with Gasteiger partial charge in [0.15, 0.2) is 6.54 Å². The number of hydrogen-bond donors (Lipinski definition) is 2. The smallest absolute Gasteiger partial charge is 0.279 e. The monoisotopic (exact) mass is 308 g/mol. The summed E-state index contributed by atoms with van der Waals surface area (Å²) in [6.07, 6.45) is 0. The van der Waals surface area contributed by atoms with E-state index in [4.69, 9.17) is 4.74 Å². The Bertz CT molecular complexity index is 552. The summed E-state index contributed by atoms with van der Waals surface area (Å²) in [4.78, 5) is 14.6. The Hall–Kier alpha value is -1.79. The van der Waals surface area contributed by atoms with Gasteiger partial charge in [0.1, 0.15) is 11.5 Å². The molecule has 1 amide bonds. The van der Waals surface area contributed by atoms with Gasteiger partial charge in [0.05, 0.1) is 32.9 Å². The van der Waals surface area contributed by atoms with Crippen LogP contribution in [0.1, 0.15) is 5.56 Å². The molecule has 1 aliphatic rings. The zero-order chi connectivity index (χ0) is 16.3. The molecular weight excluding hydrogens is 282 g/mol. The highest BCUT2D eigenvalue weighted by Gasteiger charge is 2.29. The summed E-state index contributed by atoms with van der Waals surface area (Å²) in [6, 6.07) is 3.26. The van der Waals surface area contributed by atoms with Gasteiger partial charge in [-0.2, -0.15) is 0 Å². The van der Waals surface area contributed by atoms with Crippen molar-refractivity contribution in [3.8, 4) is 11.5 Å². The van der Waals surface area contributed by atoms with Crippen molar-refractivity contribution in [2.75, 3.05) is 59.2 Å². The lowest BCUT2D eigenvalue weighted by Gasteiger charge is -2.40. The van der Waals surface area contributed by atoms with Crippen LogP contribution in [-0.4, -0.2) is 74.3 Å². The summed E-state index contributed by atoms with van der Waals surface area (Å²) >= 11 is 0. The van der Waals surface area contributed by atoms with E-state index in [2.05, 4.69) is 24.3 Å². The molecule has 1 fully saturated rings. The first-order valence-corrected chi connectivity index (χ1v) is 7.52. The van der Waals surface area contributed by atoms with Gasteiger partial charge >= 0.3 is 0 Å². The number of nitrogens with one attached hydrogen (secondary N) is 1. The SMILES string of the molecule is COc1cc(NC(=O)C[N+]2(C)CCN(C)CC2)c(O)cc1C. The molecular formula is C16H26N3O3+. The zero-order valence-electron chi connectivity index (χ0n) is 13.8. The highest BCUT2D eigenvalue weighted by molar-refractivity contribution is 5.93. The number of anilines is 1. The van der Waals surface area contributed by atoms with Crippen molar-refractivity contribution in [3.63, 3.8) is 0 Å². The van der Waals surface area contributed by atoms with Crippen LogP contribution in [0.5, 0.6) is 11.5 Å². The van der Waals surface area contributed by atoms with E-state index in [0.717, 1.165) is 36.2 Å². The van der Waals surface area contributed by atoms with E-state index in [1.165, 1.54) is 0 Å². The molecule has 1 aromatic carbocycles. The lowest BCUT2D eigenvalue weighted by atomic mass is 10.2. The van der Waals surface area contributed by atoms with E-state index in [9.17, 15) is 9.90 Å². The third kappa shape index (κ3) is 3.90. The van der Waals surface area contributed by atoms with E-state index in [0.29, 0.717) is 18.0 Å². The molecule has 0 spiro atoms. The molecule has 2 N–H and O–H groups in total. The van der Waals surface area contributed by atoms with E-state index in [-0.39, 0.29) is 11.7 Å². The summed E-state index contributed by atoms with van der Waals surface area (Å²) in [5.41, 5.74) is 1.23. The normalized spacial score (nSPS) is 18.0. The fourth-order valence-corrected chi connectivity index (χ4v) is 2.74. The molecule has 1 saturated heterocycles. The highest BCUT2D eigenvalue weighted by Crippen LogP contribution is 2.31. The molecule has 6 heteroatoms. The summed E-state index contributed by atoms with van der Waals surface area (Å²) in [6.45, 7) is 6.14. The molecule has 1 aromatic rings. The predicted octanol–water partition coefficient (Wildman–Crippen LogP) is 1.04. The standard InChI is InChI=1S/C16H25N3O3/c1-12-9-14(20)13(10-15(12)22-4)17-16(21)11-19(3)7-5-18(2)6-8-19/h9-10H,5-8,11H2,1-4H3,(H-,17,20,21)/p+1. The number of rotatable bonds is 4. The molecule has 22 heavy (non-hydrogen) atoms. The van der Waals surface area contributed by atoms with Crippen LogP contribution in [0, 0.1) is 6.92 Å². The van der Waals surface area contributed by atoms with Crippen molar-refractivity contribution in [2.45, 2.75) is 6.92 Å². The van der Waals surface area contributed by atoms with E-state index in [1.807, 2.05) is 6.92 Å². The Morgan fingerprint density at radius 3 is 2.64 bits per heavy atom. The number of phenolic OH excluding ortho intramolecular Hbond substituents is 1. The number of likely N-dealkylation sites (N-methyl/N-ethyl adjacent to an activating group) is 2. The first kappa shape index (κ1) is 16.6. The Balaban J connectivity index is 2.03. The van der Waals surface area contributed by atoms with Gasteiger partial charge in [-0.05, 0) is 25.6 Å². The molecule has 0 unspecified atom stereocenters. The second-order valence-electron chi connectivity index (χ2n) is 6.42. The van der Waals surface area contributed by atoms with Crippen LogP contribution in [0.2, 0.25) is 0 Å². The Labute approximate surface area is 131 Å². The van der Waals surface area contributed by atoms with Gasteiger partial charge in [-0.25, -0.2) is 0 Å². The minimum atomic E-state index is -0.0896. The van der Waals surface area contributed by atoms with Crippen LogP contribution in [0.4, 0.5) is 5.69 Å². The predicted molar refractivity (Wildman–Crippen MR) is 86.3 cm³/mol. The van der Waals surface area contributed by atoms with Gasteiger partial charge < -0.3 is 19.6 Å². The number of amides is 1. The highest BCUT2D eigenvalue weighted by atomic mass is 16.5. The van der Waals surface area contributed by atoms with Crippen molar-refractivity contribution >= 4 is 11.6 Å². The minimum absolute atomic E-state index is 0.0627. The third-order valence-corrected chi connectivity index (χ3v) is 4.36. The van der Waals surface area contributed by atoms with E-state index >= 15 is 0 Å². The second kappa shape index (κ2) is 6.54. The summed E-state index contributed by atoms with van der Waals surface area (Å²) < 4.78 is 5.95. The topological polar surface area (TPSA) is 61.8 Å². The summed E-state index contributed by atoms with van der Waals surface area (Å²) in [5.74, 6) is 0.619. The first-order chi connectivity index (χ1) is 10.3. The third-order valence-electron chi connectivity index (χ3n) is 4.36. The molecule has 122 valence electrons. The molecule has 1 heterocycles. The number of aromatic hydroxyl groups is 1. The number of quaternary nitrogens is 1. The van der Waals surface area contributed by atoms with Crippen LogP contribution in [0.3, 0.4) is 0 Å². The van der Waals surface area contributed by atoms with Crippen molar-refractivity contribution < 1.29 is 19.1 Å². The quantitative estimate of drug-likeness (QED) is 0.644. The fraction of sp³-hybridized carbons (Fsp3) is 0.562. The minimum Gasteiger partial charge on any atom is -0.506 e. The zero-order valence-corrected chi connectivity index (χ0v) is 13.8. The average molecular weight is 308 g/mol. The van der Waals surface area contributed by atoms with Crippen LogP contribution in [-0.2, 0) is 4.79 Å². The van der Waals surface area contributed by atoms with Gasteiger partial charge in [0, 0.05) is 19.2 Å². The molecule has 0 bridgehead atoms. The number of piperazine rings is 1. The maximum Gasteiger partial charge on any atom is 0.279 e. The van der Waals surface area contributed by atoms with Crippen LogP contribution >= 0.6 is 0 Å². The van der Waals surface area contributed by atoms with Gasteiger partial charge in [-0.15, -0.1) is 0 Å². The molecule has 0 atom stereocenters. The Kier molecular flexibility index (Phi) is 4.93. The fourth-order valence-electron chi connectivity index (χ4n) is 2.74.